The quantitative estimate of drug-likeness (QED) is 0.763. The zero-order valence-electron chi connectivity index (χ0n) is 8.90. The third kappa shape index (κ3) is 1.54. The minimum Gasteiger partial charge on any atom is -0.327 e. The van der Waals surface area contributed by atoms with Gasteiger partial charge < -0.3 is 5.73 Å². The molecule has 0 aromatic carbocycles. The molecule has 0 bridgehead atoms. The van der Waals surface area contributed by atoms with Crippen molar-refractivity contribution in [3.8, 4) is 0 Å². The SMILES string of the molecule is CCc1nc(C2CCCC2N)n(C)n1. The van der Waals surface area contributed by atoms with Crippen LogP contribution in [0.15, 0.2) is 0 Å². The molecule has 1 aromatic heterocycles. The van der Waals surface area contributed by atoms with Gasteiger partial charge in [0.25, 0.3) is 0 Å². The summed E-state index contributed by atoms with van der Waals surface area (Å²) >= 11 is 0. The molecule has 1 aliphatic rings. The van der Waals surface area contributed by atoms with Crippen LogP contribution < -0.4 is 5.73 Å². The summed E-state index contributed by atoms with van der Waals surface area (Å²) in [7, 11) is 1.96. The molecule has 2 unspecified atom stereocenters. The van der Waals surface area contributed by atoms with E-state index in [0.717, 1.165) is 30.9 Å². The van der Waals surface area contributed by atoms with E-state index in [4.69, 9.17) is 5.73 Å². The lowest BCUT2D eigenvalue weighted by molar-refractivity contribution is 0.545. The van der Waals surface area contributed by atoms with Gasteiger partial charge in [0, 0.05) is 25.4 Å². The van der Waals surface area contributed by atoms with Gasteiger partial charge >= 0.3 is 0 Å². The Morgan fingerprint density at radius 2 is 2.29 bits per heavy atom. The second-order valence-electron chi connectivity index (χ2n) is 4.06. The largest absolute Gasteiger partial charge is 0.327 e. The molecule has 1 heterocycles. The lowest BCUT2D eigenvalue weighted by atomic mass is 10.0. The summed E-state index contributed by atoms with van der Waals surface area (Å²) in [6, 6.07) is 0.280. The van der Waals surface area contributed by atoms with Gasteiger partial charge in [0.2, 0.25) is 0 Å². The van der Waals surface area contributed by atoms with Gasteiger partial charge in [0.1, 0.15) is 5.82 Å². The highest BCUT2D eigenvalue weighted by molar-refractivity contribution is 5.06. The van der Waals surface area contributed by atoms with Crippen molar-refractivity contribution < 1.29 is 0 Å². The summed E-state index contributed by atoms with van der Waals surface area (Å²) in [6.07, 6.45) is 4.41. The Kier molecular flexibility index (Phi) is 2.54. The van der Waals surface area contributed by atoms with E-state index in [2.05, 4.69) is 17.0 Å². The number of aryl methyl sites for hydroxylation is 2. The summed E-state index contributed by atoms with van der Waals surface area (Å²) < 4.78 is 1.90. The third-order valence-corrected chi connectivity index (χ3v) is 3.06. The fourth-order valence-electron chi connectivity index (χ4n) is 2.23. The van der Waals surface area contributed by atoms with Gasteiger partial charge in [-0.2, -0.15) is 5.10 Å². The smallest absolute Gasteiger partial charge is 0.150 e. The molecule has 2 N–H and O–H groups in total. The second kappa shape index (κ2) is 3.69. The van der Waals surface area contributed by atoms with E-state index < -0.39 is 0 Å². The Labute approximate surface area is 84.5 Å². The fourth-order valence-corrected chi connectivity index (χ4v) is 2.23. The molecule has 2 rings (SSSR count). The van der Waals surface area contributed by atoms with Crippen LogP contribution >= 0.6 is 0 Å². The molecule has 1 saturated carbocycles. The fraction of sp³-hybridized carbons (Fsp3) is 0.800. The minimum absolute atomic E-state index is 0.280. The zero-order chi connectivity index (χ0) is 10.1. The minimum atomic E-state index is 0.280. The normalized spacial score (nSPS) is 27.1. The van der Waals surface area contributed by atoms with E-state index in [1.807, 2.05) is 11.7 Å². The first-order valence-corrected chi connectivity index (χ1v) is 5.37. The molecule has 0 saturated heterocycles. The summed E-state index contributed by atoms with van der Waals surface area (Å²) in [5.74, 6) is 2.43. The van der Waals surface area contributed by atoms with Crippen LogP contribution in [0.25, 0.3) is 0 Å². The van der Waals surface area contributed by atoms with Crippen LogP contribution in [-0.4, -0.2) is 20.8 Å². The predicted octanol–water partition coefficient (Wildman–Crippen LogP) is 0.972. The van der Waals surface area contributed by atoms with Crippen LogP contribution in [0.3, 0.4) is 0 Å². The van der Waals surface area contributed by atoms with Crippen LogP contribution in [0.5, 0.6) is 0 Å². The van der Waals surface area contributed by atoms with Gasteiger partial charge in [-0.3, -0.25) is 4.68 Å². The number of nitrogens with two attached hydrogens (primary N) is 1. The summed E-state index contributed by atoms with van der Waals surface area (Å²) in [5.41, 5.74) is 6.05. The zero-order valence-corrected chi connectivity index (χ0v) is 8.90. The highest BCUT2D eigenvalue weighted by atomic mass is 15.3. The van der Waals surface area contributed by atoms with Gasteiger partial charge in [-0.25, -0.2) is 4.98 Å². The Bertz CT molecular complexity index is 318. The molecule has 1 fully saturated rings. The topological polar surface area (TPSA) is 56.7 Å². The summed E-state index contributed by atoms with van der Waals surface area (Å²) in [5, 5.41) is 4.36. The first kappa shape index (κ1) is 9.65. The van der Waals surface area contributed by atoms with Crippen LogP contribution in [0.2, 0.25) is 0 Å². The van der Waals surface area contributed by atoms with Gasteiger partial charge in [-0.05, 0) is 12.8 Å². The van der Waals surface area contributed by atoms with Crippen LogP contribution in [-0.2, 0) is 13.5 Å². The number of aromatic nitrogens is 3. The third-order valence-electron chi connectivity index (χ3n) is 3.06. The van der Waals surface area contributed by atoms with Crippen molar-refractivity contribution >= 4 is 0 Å². The van der Waals surface area contributed by atoms with Crippen LogP contribution in [0, 0.1) is 0 Å². The second-order valence-corrected chi connectivity index (χ2v) is 4.06. The molecule has 0 aliphatic heterocycles. The summed E-state index contributed by atoms with van der Waals surface area (Å²) in [6.45, 7) is 2.08. The van der Waals surface area contributed by atoms with Crippen molar-refractivity contribution in [2.75, 3.05) is 0 Å². The van der Waals surface area contributed by atoms with E-state index in [9.17, 15) is 0 Å². The lowest BCUT2D eigenvalue weighted by Crippen LogP contribution is -2.25. The van der Waals surface area contributed by atoms with Crippen molar-refractivity contribution in [2.24, 2.45) is 12.8 Å². The molecule has 4 nitrogen and oxygen atoms in total. The molecule has 2 atom stereocenters. The van der Waals surface area contributed by atoms with E-state index in [1.165, 1.54) is 6.42 Å². The average Bonchev–Trinajstić information content (AvgIpc) is 2.72. The van der Waals surface area contributed by atoms with E-state index >= 15 is 0 Å². The molecular formula is C10H18N4. The maximum absolute atomic E-state index is 6.05. The average molecular weight is 194 g/mol. The number of hydrogen-bond acceptors (Lipinski definition) is 3. The maximum Gasteiger partial charge on any atom is 0.150 e. The van der Waals surface area contributed by atoms with Crippen molar-refractivity contribution in [1.29, 1.82) is 0 Å². The highest BCUT2D eigenvalue weighted by Crippen LogP contribution is 2.31. The summed E-state index contributed by atoms with van der Waals surface area (Å²) in [4.78, 5) is 4.53. The first-order valence-electron chi connectivity index (χ1n) is 5.37. The molecule has 4 heteroatoms. The standard InChI is InChI=1S/C10H18N4/c1-3-9-12-10(14(2)13-9)7-5-4-6-8(7)11/h7-8H,3-6,11H2,1-2H3. The molecule has 0 amide bonds. The van der Waals surface area contributed by atoms with Crippen LogP contribution in [0.1, 0.15) is 43.8 Å². The Balaban J connectivity index is 2.26. The van der Waals surface area contributed by atoms with E-state index in [1.54, 1.807) is 0 Å². The molecule has 1 aliphatic carbocycles. The van der Waals surface area contributed by atoms with Crippen molar-refractivity contribution in [1.82, 2.24) is 14.8 Å². The van der Waals surface area contributed by atoms with Crippen molar-refractivity contribution in [3.63, 3.8) is 0 Å². The molecule has 0 spiro atoms. The van der Waals surface area contributed by atoms with Crippen molar-refractivity contribution in [2.45, 2.75) is 44.6 Å². The number of rotatable bonds is 2. The van der Waals surface area contributed by atoms with Crippen LogP contribution in [0.4, 0.5) is 0 Å². The molecule has 78 valence electrons. The number of nitrogens with zero attached hydrogens (tertiary/aromatic N) is 3. The highest BCUT2D eigenvalue weighted by Gasteiger charge is 2.29. The van der Waals surface area contributed by atoms with Gasteiger partial charge in [0.15, 0.2) is 5.82 Å². The predicted molar refractivity (Wildman–Crippen MR) is 54.9 cm³/mol. The van der Waals surface area contributed by atoms with Gasteiger partial charge in [-0.1, -0.05) is 13.3 Å². The monoisotopic (exact) mass is 194 g/mol. The Hall–Kier alpha value is -0.900. The maximum atomic E-state index is 6.05. The Morgan fingerprint density at radius 3 is 2.79 bits per heavy atom. The first-order chi connectivity index (χ1) is 6.72. The lowest BCUT2D eigenvalue weighted by Gasteiger charge is -2.13. The van der Waals surface area contributed by atoms with Gasteiger partial charge in [-0.15, -0.1) is 0 Å². The van der Waals surface area contributed by atoms with E-state index in [0.29, 0.717) is 5.92 Å². The van der Waals surface area contributed by atoms with Crippen molar-refractivity contribution in [3.05, 3.63) is 11.6 Å². The molecule has 1 aromatic rings. The molecule has 0 radical (unpaired) electrons. The molecular weight excluding hydrogens is 176 g/mol. The van der Waals surface area contributed by atoms with Gasteiger partial charge in [0.05, 0.1) is 0 Å². The van der Waals surface area contributed by atoms with E-state index in [-0.39, 0.29) is 6.04 Å². The Morgan fingerprint density at radius 1 is 1.50 bits per heavy atom. The number of hydrogen-bond donors (Lipinski definition) is 1. The molecule has 14 heavy (non-hydrogen) atoms.